The summed E-state index contributed by atoms with van der Waals surface area (Å²) < 4.78 is 6.90. The van der Waals surface area contributed by atoms with Gasteiger partial charge in [-0.3, -0.25) is 4.79 Å². The van der Waals surface area contributed by atoms with Crippen LogP contribution in [-0.2, 0) is 11.3 Å². The molecular formula is C22H20N6O2S3. The highest BCUT2D eigenvalue weighted by Crippen LogP contribution is 2.36. The second-order valence-electron chi connectivity index (χ2n) is 7.25. The van der Waals surface area contributed by atoms with Gasteiger partial charge in [0, 0.05) is 11.3 Å². The number of aromatic nitrogens is 4. The van der Waals surface area contributed by atoms with Crippen LogP contribution < -0.4 is 4.74 Å². The van der Waals surface area contributed by atoms with Crippen LogP contribution in [-0.4, -0.2) is 49.7 Å². The maximum Gasteiger partial charge on any atom is 0.253 e. The smallest absolute Gasteiger partial charge is 0.253 e. The first-order valence-electron chi connectivity index (χ1n) is 10.2. The fourth-order valence-electron chi connectivity index (χ4n) is 3.53. The molecule has 1 aliphatic rings. The molecule has 0 radical (unpaired) electrons. The van der Waals surface area contributed by atoms with Crippen LogP contribution in [0.3, 0.4) is 0 Å². The zero-order valence-corrected chi connectivity index (χ0v) is 20.1. The van der Waals surface area contributed by atoms with E-state index >= 15 is 0 Å². The average molecular weight is 497 g/mol. The number of amides is 1. The first-order chi connectivity index (χ1) is 16.2. The Kier molecular flexibility index (Phi) is 6.51. The van der Waals surface area contributed by atoms with E-state index in [1.807, 2.05) is 53.2 Å². The quantitative estimate of drug-likeness (QED) is 0.338. The summed E-state index contributed by atoms with van der Waals surface area (Å²) in [4.78, 5) is 15.4. The lowest BCUT2D eigenvalue weighted by Crippen LogP contribution is -2.28. The van der Waals surface area contributed by atoms with Gasteiger partial charge in [0.1, 0.15) is 5.75 Å². The van der Waals surface area contributed by atoms with E-state index in [4.69, 9.17) is 9.84 Å². The van der Waals surface area contributed by atoms with Crippen molar-refractivity contribution in [2.45, 2.75) is 24.2 Å². The van der Waals surface area contributed by atoms with Crippen LogP contribution in [0.15, 0.2) is 69.5 Å². The van der Waals surface area contributed by atoms with Crippen LogP contribution in [0, 0.1) is 0 Å². The minimum atomic E-state index is -0.0782. The summed E-state index contributed by atoms with van der Waals surface area (Å²) in [6.07, 6.45) is 0.715. The monoisotopic (exact) mass is 496 g/mol. The van der Waals surface area contributed by atoms with Gasteiger partial charge in [-0.25, -0.2) is 9.69 Å². The van der Waals surface area contributed by atoms with E-state index in [2.05, 4.69) is 21.6 Å². The molecule has 4 heterocycles. The van der Waals surface area contributed by atoms with E-state index in [1.165, 1.54) is 11.8 Å². The maximum atomic E-state index is 13.2. The van der Waals surface area contributed by atoms with E-state index in [-0.39, 0.29) is 17.7 Å². The van der Waals surface area contributed by atoms with Gasteiger partial charge < -0.3 is 4.74 Å². The van der Waals surface area contributed by atoms with E-state index < -0.39 is 0 Å². The van der Waals surface area contributed by atoms with Gasteiger partial charge in [0.05, 0.1) is 36.0 Å². The fraction of sp³-hybridized carbons (Fsp3) is 0.227. The predicted molar refractivity (Wildman–Crippen MR) is 130 cm³/mol. The summed E-state index contributed by atoms with van der Waals surface area (Å²) in [6.45, 7) is 0.510. The Morgan fingerprint density at radius 1 is 1.15 bits per heavy atom. The number of nitrogens with zero attached hydrogens (tertiary/aromatic N) is 6. The van der Waals surface area contributed by atoms with Gasteiger partial charge in [-0.15, -0.1) is 27.8 Å². The lowest BCUT2D eigenvalue weighted by atomic mass is 10.1. The molecule has 5 rings (SSSR count). The highest BCUT2D eigenvalue weighted by molar-refractivity contribution is 7.99. The SMILES string of the molecule is COc1ccc(Cn2nnnc2SCC(=O)N2N=C(c3cccs3)CC2c2cccs2)cc1. The minimum absolute atomic E-state index is 0.0658. The number of tetrazole rings is 1. The van der Waals surface area contributed by atoms with Crippen molar-refractivity contribution in [3.05, 3.63) is 74.6 Å². The Labute approximate surface area is 202 Å². The van der Waals surface area contributed by atoms with E-state index in [0.717, 1.165) is 26.8 Å². The largest absolute Gasteiger partial charge is 0.497 e. The summed E-state index contributed by atoms with van der Waals surface area (Å²) in [7, 11) is 1.64. The Bertz CT molecular complexity index is 1240. The lowest BCUT2D eigenvalue weighted by molar-refractivity contribution is -0.130. The molecule has 3 aromatic heterocycles. The first-order valence-corrected chi connectivity index (χ1v) is 12.9. The van der Waals surface area contributed by atoms with Gasteiger partial charge in [-0.1, -0.05) is 36.0 Å². The predicted octanol–water partition coefficient (Wildman–Crippen LogP) is 4.32. The average Bonchev–Trinajstić information content (AvgIpc) is 3.64. The third-order valence-corrected chi connectivity index (χ3v) is 7.99. The topological polar surface area (TPSA) is 85.5 Å². The molecule has 1 aromatic carbocycles. The number of methoxy groups -OCH3 is 1. The van der Waals surface area contributed by atoms with E-state index in [1.54, 1.807) is 39.5 Å². The number of rotatable bonds is 8. The van der Waals surface area contributed by atoms with Gasteiger partial charge in [-0.05, 0) is 51.0 Å². The second-order valence-corrected chi connectivity index (χ2v) is 10.1. The zero-order chi connectivity index (χ0) is 22.6. The number of carbonyl (C=O) groups is 1. The van der Waals surface area contributed by atoms with Crippen LogP contribution in [0.4, 0.5) is 0 Å². The van der Waals surface area contributed by atoms with Crippen molar-refractivity contribution < 1.29 is 9.53 Å². The van der Waals surface area contributed by atoms with Crippen molar-refractivity contribution in [1.82, 2.24) is 25.2 Å². The molecule has 0 saturated heterocycles. The molecule has 0 fully saturated rings. The van der Waals surface area contributed by atoms with Crippen LogP contribution in [0.2, 0.25) is 0 Å². The molecule has 0 N–H and O–H groups in total. The Morgan fingerprint density at radius 2 is 1.97 bits per heavy atom. The molecule has 0 spiro atoms. The molecule has 168 valence electrons. The van der Waals surface area contributed by atoms with Crippen molar-refractivity contribution in [2.75, 3.05) is 12.9 Å². The summed E-state index contributed by atoms with van der Waals surface area (Å²) >= 11 is 4.61. The number of thiophene rings is 2. The van der Waals surface area contributed by atoms with Crippen LogP contribution >= 0.6 is 34.4 Å². The molecule has 0 aliphatic carbocycles. The minimum Gasteiger partial charge on any atom is -0.497 e. The van der Waals surface area contributed by atoms with Gasteiger partial charge in [0.2, 0.25) is 5.16 Å². The standard InChI is InChI=1S/C22H20N6O2S3/c1-30-16-8-6-15(7-9-16)13-27-22(23-25-26-27)33-14-21(29)28-18(20-5-3-11-32-20)12-17(24-28)19-4-2-10-31-19/h2-11,18H,12-14H2,1H3. The van der Waals surface area contributed by atoms with Crippen molar-refractivity contribution >= 4 is 46.1 Å². The van der Waals surface area contributed by atoms with Crippen molar-refractivity contribution in [3.8, 4) is 5.75 Å². The summed E-state index contributed by atoms with van der Waals surface area (Å²) in [5.74, 6) is 0.930. The maximum absolute atomic E-state index is 13.2. The van der Waals surface area contributed by atoms with Gasteiger partial charge in [-0.2, -0.15) is 5.10 Å². The van der Waals surface area contributed by atoms with Crippen molar-refractivity contribution in [1.29, 1.82) is 0 Å². The third-order valence-electron chi connectivity index (χ3n) is 5.16. The molecule has 1 amide bonds. The number of hydrogen-bond acceptors (Lipinski definition) is 9. The number of ether oxygens (including phenoxy) is 1. The molecule has 0 bridgehead atoms. The lowest BCUT2D eigenvalue weighted by Gasteiger charge is -2.20. The highest BCUT2D eigenvalue weighted by atomic mass is 32.2. The molecule has 1 unspecified atom stereocenters. The Morgan fingerprint density at radius 3 is 2.70 bits per heavy atom. The molecular weight excluding hydrogens is 476 g/mol. The molecule has 11 heteroatoms. The number of hydrazone groups is 1. The fourth-order valence-corrected chi connectivity index (χ4v) is 5.79. The first kappa shape index (κ1) is 21.8. The van der Waals surface area contributed by atoms with Gasteiger partial charge in [0.25, 0.3) is 5.91 Å². The summed E-state index contributed by atoms with van der Waals surface area (Å²) in [6, 6.07) is 15.8. The Hall–Kier alpha value is -3.02. The van der Waals surface area contributed by atoms with Gasteiger partial charge >= 0.3 is 0 Å². The molecule has 1 aliphatic heterocycles. The van der Waals surface area contributed by atoms with Gasteiger partial charge in [0.15, 0.2) is 0 Å². The molecule has 8 nitrogen and oxygen atoms in total. The third kappa shape index (κ3) is 4.85. The number of carbonyl (C=O) groups excluding carboxylic acids is 1. The number of thioether (sulfide) groups is 1. The van der Waals surface area contributed by atoms with Crippen LogP contribution in [0.25, 0.3) is 0 Å². The second kappa shape index (κ2) is 9.86. The Balaban J connectivity index is 1.28. The normalized spacial score (nSPS) is 15.6. The highest BCUT2D eigenvalue weighted by Gasteiger charge is 2.34. The van der Waals surface area contributed by atoms with Crippen LogP contribution in [0.5, 0.6) is 5.75 Å². The molecule has 4 aromatic rings. The zero-order valence-electron chi connectivity index (χ0n) is 17.7. The van der Waals surface area contributed by atoms with E-state index in [0.29, 0.717) is 18.1 Å². The molecule has 0 saturated carbocycles. The molecule has 33 heavy (non-hydrogen) atoms. The van der Waals surface area contributed by atoms with Crippen molar-refractivity contribution in [3.63, 3.8) is 0 Å². The van der Waals surface area contributed by atoms with Crippen molar-refractivity contribution in [2.24, 2.45) is 5.10 Å². The van der Waals surface area contributed by atoms with E-state index in [9.17, 15) is 4.79 Å². The number of benzene rings is 1. The van der Waals surface area contributed by atoms with Crippen LogP contribution in [0.1, 0.15) is 27.8 Å². The molecule has 1 atom stereocenters. The summed E-state index contributed by atoms with van der Waals surface area (Å²) in [5.41, 5.74) is 1.99. The summed E-state index contributed by atoms with van der Waals surface area (Å²) in [5, 5.41) is 23.0. The number of hydrogen-bond donors (Lipinski definition) is 0.